The zero-order valence-electron chi connectivity index (χ0n) is 17.6. The Morgan fingerprint density at radius 2 is 1.76 bits per heavy atom. The average molecular weight is 484 g/mol. The van der Waals surface area contributed by atoms with Gasteiger partial charge in [-0.3, -0.25) is 4.79 Å². The van der Waals surface area contributed by atoms with Crippen molar-refractivity contribution in [2.45, 2.75) is 19.4 Å². The van der Waals surface area contributed by atoms with Crippen molar-refractivity contribution < 1.29 is 24.2 Å². The number of ether oxygens (including phenoxy) is 2. The van der Waals surface area contributed by atoms with E-state index in [0.29, 0.717) is 40.1 Å². The summed E-state index contributed by atoms with van der Waals surface area (Å²) in [6.07, 6.45) is 0.570. The van der Waals surface area contributed by atoms with Crippen LogP contribution < -0.4 is 9.47 Å². The molecular weight excluding hydrogens is 465 g/mol. The first-order valence-corrected chi connectivity index (χ1v) is 11.1. The van der Waals surface area contributed by atoms with Crippen LogP contribution in [-0.2, 0) is 6.42 Å². The maximum atomic E-state index is 13.8. The molecule has 0 aromatic heterocycles. The van der Waals surface area contributed by atoms with Gasteiger partial charge >= 0.3 is 5.97 Å². The molecule has 0 saturated carbocycles. The highest BCUT2D eigenvalue weighted by atomic mass is 35.5. The van der Waals surface area contributed by atoms with Gasteiger partial charge in [-0.05, 0) is 60.4 Å². The van der Waals surface area contributed by atoms with Crippen LogP contribution in [0.5, 0.6) is 11.5 Å². The largest absolute Gasteiger partial charge is 0.478 e. The molecule has 1 N–H and O–H groups in total. The second-order valence-electron chi connectivity index (χ2n) is 8.05. The van der Waals surface area contributed by atoms with Crippen LogP contribution in [0.1, 0.15) is 49.0 Å². The highest BCUT2D eigenvalue weighted by Crippen LogP contribution is 2.45. The molecule has 2 aliphatic rings. The van der Waals surface area contributed by atoms with E-state index in [1.54, 1.807) is 36.1 Å². The quantitative estimate of drug-likeness (QED) is 0.530. The number of carboxylic acids is 1. The Morgan fingerprint density at radius 3 is 2.52 bits per heavy atom. The van der Waals surface area contributed by atoms with Gasteiger partial charge in [-0.25, -0.2) is 4.79 Å². The van der Waals surface area contributed by atoms with Gasteiger partial charge in [-0.15, -0.1) is 0 Å². The summed E-state index contributed by atoms with van der Waals surface area (Å²) in [7, 11) is 0. The first kappa shape index (κ1) is 21.6. The van der Waals surface area contributed by atoms with Crippen molar-refractivity contribution in [1.29, 1.82) is 0 Å². The minimum absolute atomic E-state index is 0.0348. The van der Waals surface area contributed by atoms with E-state index in [4.69, 9.17) is 32.7 Å². The SMILES string of the molecule is Cc1ccc(C(=O)N2CCc3cc4c(cc3C2c2cccc(Cl)c2Cl)OCO4)c(C(=O)O)c1. The van der Waals surface area contributed by atoms with Crippen LogP contribution >= 0.6 is 23.2 Å². The molecule has 8 heteroatoms. The molecule has 2 heterocycles. The van der Waals surface area contributed by atoms with Gasteiger partial charge in [0.1, 0.15) is 0 Å². The third kappa shape index (κ3) is 3.69. The predicted octanol–water partition coefficient (Wildman–Crippen LogP) is 5.52. The number of aryl methyl sites for hydroxylation is 1. The van der Waals surface area contributed by atoms with Gasteiger partial charge in [0.2, 0.25) is 6.79 Å². The lowest BCUT2D eigenvalue weighted by molar-refractivity contribution is 0.0653. The summed E-state index contributed by atoms with van der Waals surface area (Å²) < 4.78 is 11.1. The Kier molecular flexibility index (Phi) is 5.43. The van der Waals surface area contributed by atoms with Crippen LogP contribution in [0, 0.1) is 6.92 Å². The number of hydrogen-bond acceptors (Lipinski definition) is 4. The minimum atomic E-state index is -1.15. The molecule has 0 spiro atoms. The molecule has 0 radical (unpaired) electrons. The van der Waals surface area contributed by atoms with E-state index >= 15 is 0 Å². The third-order valence-electron chi connectivity index (χ3n) is 6.04. The summed E-state index contributed by atoms with van der Waals surface area (Å²) in [5.74, 6) is -0.291. The number of carbonyl (C=O) groups excluding carboxylic acids is 1. The number of amides is 1. The number of rotatable bonds is 3. The van der Waals surface area contributed by atoms with Crippen molar-refractivity contribution >= 4 is 35.1 Å². The lowest BCUT2D eigenvalue weighted by atomic mass is 9.87. The number of halogens is 2. The average Bonchev–Trinajstić information content (AvgIpc) is 3.25. The number of benzene rings is 3. The van der Waals surface area contributed by atoms with Crippen molar-refractivity contribution in [3.63, 3.8) is 0 Å². The first-order valence-electron chi connectivity index (χ1n) is 10.4. The zero-order chi connectivity index (χ0) is 23.3. The number of fused-ring (bicyclic) bond motifs is 2. The van der Waals surface area contributed by atoms with Crippen molar-refractivity contribution in [3.05, 3.63) is 92.0 Å². The summed E-state index contributed by atoms with van der Waals surface area (Å²) in [6.45, 7) is 2.29. The number of hydrogen-bond donors (Lipinski definition) is 1. The van der Waals surface area contributed by atoms with E-state index in [1.165, 1.54) is 6.07 Å². The Bertz CT molecular complexity index is 1310. The molecule has 1 amide bonds. The summed E-state index contributed by atoms with van der Waals surface area (Å²) in [5, 5.41) is 10.4. The van der Waals surface area contributed by atoms with Gasteiger partial charge in [-0.1, -0.05) is 47.0 Å². The van der Waals surface area contributed by atoms with E-state index in [-0.39, 0.29) is 17.9 Å². The van der Waals surface area contributed by atoms with Crippen molar-refractivity contribution in [2.24, 2.45) is 0 Å². The minimum Gasteiger partial charge on any atom is -0.478 e. The molecule has 0 fully saturated rings. The number of nitrogens with zero attached hydrogens (tertiary/aromatic N) is 1. The second-order valence-corrected chi connectivity index (χ2v) is 8.84. The molecule has 6 nitrogen and oxygen atoms in total. The summed E-state index contributed by atoms with van der Waals surface area (Å²) >= 11 is 12.9. The van der Waals surface area contributed by atoms with Gasteiger partial charge in [0.15, 0.2) is 11.5 Å². The Balaban J connectivity index is 1.68. The normalized spacial score (nSPS) is 16.5. The molecule has 2 aliphatic heterocycles. The fourth-order valence-corrected chi connectivity index (χ4v) is 4.88. The molecule has 0 saturated heterocycles. The Hall–Kier alpha value is -3.22. The summed E-state index contributed by atoms with van der Waals surface area (Å²) in [6, 6.07) is 13.3. The van der Waals surface area contributed by atoms with Crippen LogP contribution in [0.4, 0.5) is 0 Å². The number of carboxylic acid groups (broad SMARTS) is 1. The van der Waals surface area contributed by atoms with Gasteiger partial charge in [0.25, 0.3) is 5.91 Å². The highest BCUT2D eigenvalue weighted by Gasteiger charge is 2.37. The zero-order valence-corrected chi connectivity index (χ0v) is 19.1. The van der Waals surface area contributed by atoms with Gasteiger partial charge in [-0.2, -0.15) is 0 Å². The van der Waals surface area contributed by atoms with Crippen LogP contribution in [0.3, 0.4) is 0 Å². The fourth-order valence-electron chi connectivity index (χ4n) is 4.47. The second kappa shape index (κ2) is 8.28. The molecule has 3 aromatic carbocycles. The summed E-state index contributed by atoms with van der Waals surface area (Å²) in [4.78, 5) is 27.3. The highest BCUT2D eigenvalue weighted by molar-refractivity contribution is 6.42. The van der Waals surface area contributed by atoms with E-state index in [9.17, 15) is 14.7 Å². The monoisotopic (exact) mass is 483 g/mol. The number of aromatic carboxylic acids is 1. The molecule has 168 valence electrons. The van der Waals surface area contributed by atoms with E-state index in [2.05, 4.69) is 0 Å². The lowest BCUT2D eigenvalue weighted by Crippen LogP contribution is -2.41. The standard InChI is InChI=1S/C25H19Cl2NO5/c1-13-5-6-15(18(9-13)25(30)31)24(29)28-8-7-14-10-20-21(33-12-32-20)11-17(14)23(28)16-3-2-4-19(26)22(16)27/h2-6,9-11,23H,7-8,12H2,1H3,(H,30,31). The molecule has 3 aromatic rings. The Morgan fingerprint density at radius 1 is 1.00 bits per heavy atom. The maximum Gasteiger partial charge on any atom is 0.336 e. The number of carbonyl (C=O) groups is 2. The molecule has 0 bridgehead atoms. The third-order valence-corrected chi connectivity index (χ3v) is 6.87. The van der Waals surface area contributed by atoms with E-state index < -0.39 is 17.9 Å². The molecule has 5 rings (SSSR count). The van der Waals surface area contributed by atoms with Gasteiger partial charge < -0.3 is 19.5 Å². The maximum absolute atomic E-state index is 13.8. The van der Waals surface area contributed by atoms with Crippen molar-refractivity contribution in [2.75, 3.05) is 13.3 Å². The summed E-state index contributed by atoms with van der Waals surface area (Å²) in [5.41, 5.74) is 3.35. The van der Waals surface area contributed by atoms with E-state index in [1.807, 2.05) is 18.2 Å². The van der Waals surface area contributed by atoms with Crippen LogP contribution in [0.15, 0.2) is 48.5 Å². The molecule has 0 aliphatic carbocycles. The van der Waals surface area contributed by atoms with Gasteiger partial charge in [0.05, 0.1) is 27.2 Å². The topological polar surface area (TPSA) is 76.1 Å². The molecule has 1 atom stereocenters. The van der Waals surface area contributed by atoms with Gasteiger partial charge in [0, 0.05) is 6.54 Å². The van der Waals surface area contributed by atoms with Crippen LogP contribution in [-0.4, -0.2) is 35.2 Å². The lowest BCUT2D eigenvalue weighted by Gasteiger charge is -2.38. The predicted molar refractivity (Wildman–Crippen MR) is 124 cm³/mol. The molecule has 1 unspecified atom stereocenters. The van der Waals surface area contributed by atoms with Crippen LogP contribution in [0.2, 0.25) is 10.0 Å². The fraction of sp³-hybridized carbons (Fsp3) is 0.200. The first-order chi connectivity index (χ1) is 15.8. The van der Waals surface area contributed by atoms with Crippen molar-refractivity contribution in [3.8, 4) is 11.5 Å². The van der Waals surface area contributed by atoms with Crippen LogP contribution in [0.25, 0.3) is 0 Å². The molecular formula is C25H19Cl2NO5. The Labute approximate surface area is 200 Å². The van der Waals surface area contributed by atoms with E-state index in [0.717, 1.165) is 16.7 Å². The van der Waals surface area contributed by atoms with Crippen molar-refractivity contribution in [1.82, 2.24) is 4.90 Å². The smallest absolute Gasteiger partial charge is 0.336 e. The molecule has 33 heavy (non-hydrogen) atoms.